The molecule has 0 unspecified atom stereocenters. The number of hydrogen-bond donors (Lipinski definition) is 1. The molecule has 0 bridgehead atoms. The van der Waals surface area contributed by atoms with Crippen LogP contribution in [0.5, 0.6) is 0 Å². The van der Waals surface area contributed by atoms with Crippen molar-refractivity contribution in [3.05, 3.63) is 80.4 Å². The maximum atomic E-state index is 12.4. The Bertz CT molecular complexity index is 769. The highest BCUT2D eigenvalue weighted by Crippen LogP contribution is 2.17. The minimum Gasteiger partial charge on any atom is -0.382 e. The Morgan fingerprint density at radius 3 is 2.55 bits per heavy atom. The molecule has 0 heterocycles. The predicted octanol–water partition coefficient (Wildman–Crippen LogP) is 4.14. The number of nitrogens with one attached hydrogen (secondary N) is 1. The first-order valence-corrected chi connectivity index (χ1v) is 7.77. The minimum atomic E-state index is -0.309. The van der Waals surface area contributed by atoms with Crippen LogP contribution < -0.4 is 10.7 Å². The van der Waals surface area contributed by atoms with E-state index in [1.54, 1.807) is 30.3 Å². The third-order valence-electron chi connectivity index (χ3n) is 3.08. The van der Waals surface area contributed by atoms with Gasteiger partial charge in [0.05, 0.1) is 11.3 Å². The Labute approximate surface area is 137 Å². The number of ketones is 1. The van der Waals surface area contributed by atoms with Crippen molar-refractivity contribution in [2.75, 3.05) is 11.9 Å². The van der Waals surface area contributed by atoms with Gasteiger partial charge in [-0.25, -0.2) is 0 Å². The van der Waals surface area contributed by atoms with Gasteiger partial charge in [-0.15, -0.1) is 0 Å². The molecule has 0 amide bonds. The van der Waals surface area contributed by atoms with E-state index in [2.05, 4.69) is 21.2 Å². The van der Waals surface area contributed by atoms with Gasteiger partial charge >= 0.3 is 0 Å². The second-order valence-corrected chi connectivity index (χ2v) is 5.48. The van der Waals surface area contributed by atoms with Gasteiger partial charge in [0.25, 0.3) is 0 Å². The van der Waals surface area contributed by atoms with E-state index in [-0.39, 0.29) is 16.8 Å². The first kappa shape index (κ1) is 16.2. The van der Waals surface area contributed by atoms with Crippen molar-refractivity contribution in [2.45, 2.75) is 6.92 Å². The van der Waals surface area contributed by atoms with Crippen molar-refractivity contribution in [3.8, 4) is 0 Å². The summed E-state index contributed by atoms with van der Waals surface area (Å²) in [7, 11) is 0. The standard InChI is InChI=1S/C18H16BrNO2/c1-2-20-16-10-6-4-8-14(18(16)22)17(21)12-11-13-7-3-5-9-15(13)19/h3-12H,2H2,1H3,(H,20,22)/b12-11+. The van der Waals surface area contributed by atoms with Crippen molar-refractivity contribution in [1.29, 1.82) is 0 Å². The lowest BCUT2D eigenvalue weighted by atomic mass is 10.1. The van der Waals surface area contributed by atoms with Crippen LogP contribution in [0.4, 0.5) is 5.69 Å². The van der Waals surface area contributed by atoms with E-state index in [0.29, 0.717) is 12.2 Å². The molecular weight excluding hydrogens is 342 g/mol. The molecule has 112 valence electrons. The molecule has 2 rings (SSSR count). The van der Waals surface area contributed by atoms with Crippen LogP contribution in [0.25, 0.3) is 6.08 Å². The van der Waals surface area contributed by atoms with Gasteiger partial charge < -0.3 is 5.32 Å². The smallest absolute Gasteiger partial charge is 0.212 e. The Morgan fingerprint density at radius 2 is 1.82 bits per heavy atom. The lowest BCUT2D eigenvalue weighted by molar-refractivity contribution is 0.104. The van der Waals surface area contributed by atoms with Crippen LogP contribution in [0.15, 0.2) is 63.9 Å². The predicted molar refractivity (Wildman–Crippen MR) is 94.4 cm³/mol. The van der Waals surface area contributed by atoms with Crippen molar-refractivity contribution in [3.63, 3.8) is 0 Å². The third-order valence-corrected chi connectivity index (χ3v) is 3.80. The summed E-state index contributed by atoms with van der Waals surface area (Å²) >= 11 is 3.42. The second kappa shape index (κ2) is 7.71. The third kappa shape index (κ3) is 3.92. The van der Waals surface area contributed by atoms with Crippen LogP contribution in [0, 0.1) is 0 Å². The zero-order chi connectivity index (χ0) is 15.9. The highest BCUT2D eigenvalue weighted by atomic mass is 79.9. The topological polar surface area (TPSA) is 46.2 Å². The van der Waals surface area contributed by atoms with Gasteiger partial charge in [-0.05, 0) is 42.8 Å². The fourth-order valence-corrected chi connectivity index (χ4v) is 2.41. The van der Waals surface area contributed by atoms with Gasteiger partial charge in [0, 0.05) is 11.0 Å². The summed E-state index contributed by atoms with van der Waals surface area (Å²) in [5, 5.41) is 2.98. The second-order valence-electron chi connectivity index (χ2n) is 4.62. The number of anilines is 1. The molecule has 2 aromatic rings. The Balaban J connectivity index is 2.35. The fourth-order valence-electron chi connectivity index (χ4n) is 1.99. The fraction of sp³-hybridized carbons (Fsp3) is 0.111. The van der Waals surface area contributed by atoms with E-state index in [9.17, 15) is 9.59 Å². The first-order chi connectivity index (χ1) is 10.6. The molecule has 2 aromatic carbocycles. The Kier molecular flexibility index (Phi) is 5.67. The van der Waals surface area contributed by atoms with Crippen molar-refractivity contribution in [1.82, 2.24) is 0 Å². The molecule has 0 aromatic heterocycles. The normalized spacial score (nSPS) is 10.6. The largest absolute Gasteiger partial charge is 0.382 e. The van der Waals surface area contributed by atoms with Crippen LogP contribution in [0.3, 0.4) is 0 Å². The number of carbonyl (C=O) groups excluding carboxylic acids is 1. The van der Waals surface area contributed by atoms with Crippen LogP contribution in [0.2, 0.25) is 0 Å². The molecule has 3 nitrogen and oxygen atoms in total. The SMILES string of the molecule is CCNc1ccccc(C(=O)/C=C/c2ccccc2Br)c1=O. The van der Waals surface area contributed by atoms with Crippen LogP contribution in [-0.2, 0) is 0 Å². The average molecular weight is 358 g/mol. The van der Waals surface area contributed by atoms with Gasteiger partial charge in [-0.2, -0.15) is 0 Å². The minimum absolute atomic E-state index is 0.157. The van der Waals surface area contributed by atoms with E-state index < -0.39 is 0 Å². The van der Waals surface area contributed by atoms with Crippen molar-refractivity contribution < 1.29 is 4.79 Å². The molecule has 22 heavy (non-hydrogen) atoms. The number of allylic oxidation sites excluding steroid dienone is 1. The number of hydrogen-bond acceptors (Lipinski definition) is 3. The van der Waals surface area contributed by atoms with Crippen molar-refractivity contribution in [2.24, 2.45) is 0 Å². The molecule has 0 spiro atoms. The molecule has 0 saturated heterocycles. The molecule has 0 saturated carbocycles. The summed E-state index contributed by atoms with van der Waals surface area (Å²) in [5.41, 5.74) is 1.19. The lowest BCUT2D eigenvalue weighted by Crippen LogP contribution is -2.15. The average Bonchev–Trinajstić information content (AvgIpc) is 2.69. The number of benzene rings is 1. The maximum absolute atomic E-state index is 12.4. The van der Waals surface area contributed by atoms with Gasteiger partial charge in [0.1, 0.15) is 0 Å². The van der Waals surface area contributed by atoms with E-state index >= 15 is 0 Å². The van der Waals surface area contributed by atoms with Crippen LogP contribution in [0.1, 0.15) is 22.8 Å². The molecule has 0 fully saturated rings. The summed E-state index contributed by atoms with van der Waals surface area (Å²) in [6.07, 6.45) is 3.12. The molecule has 0 aliphatic heterocycles. The summed E-state index contributed by atoms with van der Waals surface area (Å²) in [6, 6.07) is 14.3. The zero-order valence-electron chi connectivity index (χ0n) is 12.2. The van der Waals surface area contributed by atoms with E-state index in [1.807, 2.05) is 31.2 Å². The molecule has 0 aliphatic carbocycles. The highest BCUT2D eigenvalue weighted by molar-refractivity contribution is 9.10. The van der Waals surface area contributed by atoms with Gasteiger partial charge in [0.15, 0.2) is 5.78 Å². The van der Waals surface area contributed by atoms with E-state index in [1.165, 1.54) is 6.08 Å². The van der Waals surface area contributed by atoms with E-state index in [0.717, 1.165) is 10.0 Å². The quantitative estimate of drug-likeness (QED) is 0.646. The zero-order valence-corrected chi connectivity index (χ0v) is 13.8. The summed E-state index contributed by atoms with van der Waals surface area (Å²) in [5.74, 6) is -0.309. The maximum Gasteiger partial charge on any atom is 0.212 e. The highest BCUT2D eigenvalue weighted by Gasteiger charge is 2.09. The lowest BCUT2D eigenvalue weighted by Gasteiger charge is -1.99. The molecule has 4 heteroatoms. The van der Waals surface area contributed by atoms with Gasteiger partial charge in [0.2, 0.25) is 5.43 Å². The molecule has 0 atom stereocenters. The molecule has 1 N–H and O–H groups in total. The van der Waals surface area contributed by atoms with Gasteiger partial charge in [-0.1, -0.05) is 46.3 Å². The van der Waals surface area contributed by atoms with Crippen LogP contribution >= 0.6 is 15.9 Å². The van der Waals surface area contributed by atoms with E-state index in [4.69, 9.17) is 0 Å². The number of halogens is 1. The Morgan fingerprint density at radius 1 is 1.14 bits per heavy atom. The monoisotopic (exact) mass is 357 g/mol. The number of carbonyl (C=O) groups is 1. The van der Waals surface area contributed by atoms with Crippen LogP contribution in [-0.4, -0.2) is 12.3 Å². The summed E-state index contributed by atoms with van der Waals surface area (Å²) in [6.45, 7) is 2.53. The van der Waals surface area contributed by atoms with Crippen molar-refractivity contribution >= 4 is 33.5 Å². The Hall–Kier alpha value is -2.20. The summed E-state index contributed by atoms with van der Waals surface area (Å²) < 4.78 is 0.897. The van der Waals surface area contributed by atoms with Gasteiger partial charge in [-0.3, -0.25) is 9.59 Å². The molecule has 0 radical (unpaired) electrons. The summed E-state index contributed by atoms with van der Waals surface area (Å²) in [4.78, 5) is 24.7. The first-order valence-electron chi connectivity index (χ1n) is 6.97. The molecular formula is C18H16BrNO2. The molecule has 0 aliphatic rings. The number of rotatable bonds is 5.